The maximum Gasteiger partial charge on any atom is 0.131 e. The van der Waals surface area contributed by atoms with Gasteiger partial charge in [-0.3, -0.25) is 0 Å². The van der Waals surface area contributed by atoms with Crippen LogP contribution in [0.3, 0.4) is 0 Å². The third kappa shape index (κ3) is 4.24. The number of thioether (sulfide) groups is 2. The molecule has 1 aliphatic heterocycles. The summed E-state index contributed by atoms with van der Waals surface area (Å²) in [5.74, 6) is 6.43. The third-order valence-corrected chi connectivity index (χ3v) is 5.44. The Morgan fingerprint density at radius 1 is 1.28 bits per heavy atom. The summed E-state index contributed by atoms with van der Waals surface area (Å²) < 4.78 is 0. The van der Waals surface area contributed by atoms with Crippen LogP contribution in [0.25, 0.3) is 0 Å². The second-order valence-electron chi connectivity index (χ2n) is 4.16. The van der Waals surface area contributed by atoms with Crippen LogP contribution in [0.15, 0.2) is 6.07 Å². The fourth-order valence-electron chi connectivity index (χ4n) is 1.80. The van der Waals surface area contributed by atoms with Gasteiger partial charge in [-0.15, -0.1) is 0 Å². The van der Waals surface area contributed by atoms with Gasteiger partial charge in [0.2, 0.25) is 0 Å². The standard InChI is InChI=1S/C12H20N4S2/c1-3-13-11-6-12(16-9(2)15-11)14-7-10-8-17-4-5-18-10/h6,10H,3-5,7-8H2,1-2H3,(H2,13,14,15,16). The molecule has 4 nitrogen and oxygen atoms in total. The van der Waals surface area contributed by atoms with Gasteiger partial charge < -0.3 is 10.6 Å². The van der Waals surface area contributed by atoms with Crippen molar-refractivity contribution in [2.75, 3.05) is 41.0 Å². The van der Waals surface area contributed by atoms with Crippen LogP contribution in [0, 0.1) is 6.92 Å². The van der Waals surface area contributed by atoms with E-state index in [0.717, 1.165) is 30.5 Å². The SMILES string of the molecule is CCNc1cc(NCC2CSCCS2)nc(C)n1. The van der Waals surface area contributed by atoms with E-state index in [1.54, 1.807) is 0 Å². The molecule has 1 atom stereocenters. The highest BCUT2D eigenvalue weighted by Gasteiger charge is 2.14. The summed E-state index contributed by atoms with van der Waals surface area (Å²) in [5.41, 5.74) is 0. The van der Waals surface area contributed by atoms with Crippen LogP contribution < -0.4 is 10.6 Å². The maximum atomic E-state index is 4.42. The molecule has 2 N–H and O–H groups in total. The van der Waals surface area contributed by atoms with E-state index in [4.69, 9.17) is 0 Å². The molecule has 1 aliphatic rings. The van der Waals surface area contributed by atoms with Crippen molar-refractivity contribution < 1.29 is 0 Å². The Morgan fingerprint density at radius 2 is 2.06 bits per heavy atom. The first kappa shape index (κ1) is 13.8. The lowest BCUT2D eigenvalue weighted by Crippen LogP contribution is -2.23. The van der Waals surface area contributed by atoms with Crippen molar-refractivity contribution in [2.24, 2.45) is 0 Å². The number of hydrogen-bond acceptors (Lipinski definition) is 6. The van der Waals surface area contributed by atoms with Crippen molar-refractivity contribution in [3.8, 4) is 0 Å². The molecule has 1 aromatic heterocycles. The van der Waals surface area contributed by atoms with E-state index in [9.17, 15) is 0 Å². The van der Waals surface area contributed by atoms with E-state index in [0.29, 0.717) is 5.25 Å². The van der Waals surface area contributed by atoms with Crippen molar-refractivity contribution in [1.82, 2.24) is 9.97 Å². The number of nitrogens with zero attached hydrogens (tertiary/aromatic N) is 2. The largest absolute Gasteiger partial charge is 0.370 e. The van der Waals surface area contributed by atoms with Gasteiger partial charge in [0, 0.05) is 41.7 Å². The summed E-state index contributed by atoms with van der Waals surface area (Å²) in [6.45, 7) is 5.86. The molecule has 2 heterocycles. The molecule has 0 bridgehead atoms. The van der Waals surface area contributed by atoms with Gasteiger partial charge in [-0.25, -0.2) is 9.97 Å². The van der Waals surface area contributed by atoms with E-state index in [1.165, 1.54) is 17.3 Å². The monoisotopic (exact) mass is 284 g/mol. The smallest absolute Gasteiger partial charge is 0.131 e. The Labute approximate surface area is 117 Å². The Hall–Kier alpha value is -0.620. The van der Waals surface area contributed by atoms with E-state index in [2.05, 4.69) is 39.3 Å². The minimum Gasteiger partial charge on any atom is -0.370 e. The van der Waals surface area contributed by atoms with Crippen LogP contribution in [0.4, 0.5) is 11.6 Å². The second kappa shape index (κ2) is 7.09. The van der Waals surface area contributed by atoms with Gasteiger partial charge >= 0.3 is 0 Å². The predicted octanol–water partition coefficient (Wildman–Crippen LogP) is 2.48. The van der Waals surface area contributed by atoms with E-state index < -0.39 is 0 Å². The molecule has 0 saturated carbocycles. The third-order valence-electron chi connectivity index (χ3n) is 2.59. The fourth-order valence-corrected chi connectivity index (χ4v) is 4.41. The van der Waals surface area contributed by atoms with Crippen LogP contribution in [-0.2, 0) is 0 Å². The summed E-state index contributed by atoms with van der Waals surface area (Å²) in [6, 6.07) is 1.98. The first-order valence-corrected chi connectivity index (χ1v) is 8.51. The van der Waals surface area contributed by atoms with Gasteiger partial charge in [0.25, 0.3) is 0 Å². The summed E-state index contributed by atoms with van der Waals surface area (Å²) in [4.78, 5) is 8.77. The zero-order chi connectivity index (χ0) is 12.8. The molecule has 0 spiro atoms. The first-order valence-electron chi connectivity index (χ1n) is 6.30. The Bertz CT molecular complexity index is 380. The number of rotatable bonds is 5. The highest BCUT2D eigenvalue weighted by molar-refractivity contribution is 8.06. The van der Waals surface area contributed by atoms with Crippen molar-refractivity contribution >= 4 is 35.2 Å². The zero-order valence-electron chi connectivity index (χ0n) is 10.9. The summed E-state index contributed by atoms with van der Waals surface area (Å²) >= 11 is 4.11. The van der Waals surface area contributed by atoms with Gasteiger partial charge in [-0.05, 0) is 13.8 Å². The van der Waals surface area contributed by atoms with Crippen molar-refractivity contribution in [3.05, 3.63) is 11.9 Å². The molecule has 0 aromatic carbocycles. The molecule has 2 rings (SSSR count). The Balaban J connectivity index is 1.91. The number of hydrogen-bond donors (Lipinski definition) is 2. The Kier molecular flexibility index (Phi) is 5.44. The van der Waals surface area contributed by atoms with Crippen LogP contribution in [0.1, 0.15) is 12.7 Å². The van der Waals surface area contributed by atoms with E-state index in [1.807, 2.05) is 24.8 Å². The molecule has 18 heavy (non-hydrogen) atoms. The van der Waals surface area contributed by atoms with Gasteiger partial charge in [0.05, 0.1) is 0 Å². The summed E-state index contributed by atoms with van der Waals surface area (Å²) in [7, 11) is 0. The zero-order valence-corrected chi connectivity index (χ0v) is 12.5. The molecular formula is C12H20N4S2. The van der Waals surface area contributed by atoms with Crippen LogP contribution in [0.5, 0.6) is 0 Å². The lowest BCUT2D eigenvalue weighted by atomic mass is 10.4. The van der Waals surface area contributed by atoms with Crippen molar-refractivity contribution in [2.45, 2.75) is 19.1 Å². The summed E-state index contributed by atoms with van der Waals surface area (Å²) in [5, 5.41) is 7.35. The van der Waals surface area contributed by atoms with Crippen LogP contribution >= 0.6 is 23.5 Å². The molecule has 0 radical (unpaired) electrons. The summed E-state index contributed by atoms with van der Waals surface area (Å²) in [6.07, 6.45) is 0. The molecule has 1 unspecified atom stereocenters. The van der Waals surface area contributed by atoms with Gasteiger partial charge in [-0.2, -0.15) is 23.5 Å². The molecule has 6 heteroatoms. The predicted molar refractivity (Wildman–Crippen MR) is 83.0 cm³/mol. The number of aromatic nitrogens is 2. The number of nitrogens with one attached hydrogen (secondary N) is 2. The first-order chi connectivity index (χ1) is 8.78. The normalized spacial score (nSPS) is 19.6. The van der Waals surface area contributed by atoms with Crippen LogP contribution in [-0.4, -0.2) is 45.6 Å². The van der Waals surface area contributed by atoms with Crippen LogP contribution in [0.2, 0.25) is 0 Å². The minimum atomic E-state index is 0.696. The van der Waals surface area contributed by atoms with Gasteiger partial charge in [0.1, 0.15) is 17.5 Å². The quantitative estimate of drug-likeness (QED) is 0.866. The maximum absolute atomic E-state index is 4.42. The Morgan fingerprint density at radius 3 is 2.72 bits per heavy atom. The topological polar surface area (TPSA) is 49.8 Å². The molecule has 100 valence electrons. The lowest BCUT2D eigenvalue weighted by Gasteiger charge is -2.21. The van der Waals surface area contributed by atoms with Crippen molar-refractivity contribution in [3.63, 3.8) is 0 Å². The molecule has 1 aromatic rings. The minimum absolute atomic E-state index is 0.696. The number of anilines is 2. The fraction of sp³-hybridized carbons (Fsp3) is 0.667. The second-order valence-corrected chi connectivity index (χ2v) is 6.72. The number of aryl methyl sites for hydroxylation is 1. The van der Waals surface area contributed by atoms with E-state index in [-0.39, 0.29) is 0 Å². The van der Waals surface area contributed by atoms with Gasteiger partial charge in [-0.1, -0.05) is 0 Å². The average Bonchev–Trinajstić information content (AvgIpc) is 2.37. The van der Waals surface area contributed by atoms with Crippen molar-refractivity contribution in [1.29, 1.82) is 0 Å². The molecule has 0 amide bonds. The highest BCUT2D eigenvalue weighted by atomic mass is 32.2. The molecule has 1 fully saturated rings. The highest BCUT2D eigenvalue weighted by Crippen LogP contribution is 2.24. The molecule has 1 saturated heterocycles. The average molecular weight is 284 g/mol. The molecule has 0 aliphatic carbocycles. The van der Waals surface area contributed by atoms with Gasteiger partial charge in [0.15, 0.2) is 0 Å². The molecular weight excluding hydrogens is 264 g/mol. The van der Waals surface area contributed by atoms with E-state index >= 15 is 0 Å². The lowest BCUT2D eigenvalue weighted by molar-refractivity contribution is 0.970.